The zero-order valence-corrected chi connectivity index (χ0v) is 21.0. The first kappa shape index (κ1) is 25.5. The predicted octanol–water partition coefficient (Wildman–Crippen LogP) is 5.18. The molecule has 2 aromatic carbocycles. The molecule has 1 fully saturated rings. The maximum Gasteiger partial charge on any atom is 0.263 e. The Morgan fingerprint density at radius 2 is 1.61 bits per heavy atom. The highest BCUT2D eigenvalue weighted by Gasteiger charge is 2.32. The molecule has 0 radical (unpaired) electrons. The van der Waals surface area contributed by atoms with Gasteiger partial charge in [0.25, 0.3) is 12.0 Å². The Bertz CT molecular complexity index is 1560. The fraction of sp³-hybridized carbons (Fsp3) is 0.276. The number of rotatable bonds is 5. The molecule has 1 aliphatic rings. The van der Waals surface area contributed by atoms with Gasteiger partial charge in [0, 0.05) is 44.4 Å². The Hall–Kier alpha value is -4.16. The number of pyridine rings is 2. The second kappa shape index (κ2) is 10.3. The van der Waals surface area contributed by atoms with Gasteiger partial charge in [-0.15, -0.1) is 0 Å². The van der Waals surface area contributed by atoms with Crippen LogP contribution in [0.3, 0.4) is 0 Å². The van der Waals surface area contributed by atoms with Crippen molar-refractivity contribution in [1.82, 2.24) is 14.5 Å². The third kappa shape index (κ3) is 4.75. The first-order valence-electron chi connectivity index (χ1n) is 12.3. The topological polar surface area (TPSA) is 65.2 Å². The van der Waals surface area contributed by atoms with Gasteiger partial charge < -0.3 is 9.47 Å². The molecule has 0 amide bonds. The van der Waals surface area contributed by atoms with Crippen molar-refractivity contribution in [3.8, 4) is 6.07 Å². The SMILES string of the molecule is C[C@H]1CN(C(c2ccc(F)cc2)c2ccc(C(F)F)cc2)CCN1c1cc(=O)n(C)c2ccc(C#N)nc12. The van der Waals surface area contributed by atoms with Crippen molar-refractivity contribution in [2.75, 3.05) is 24.5 Å². The van der Waals surface area contributed by atoms with Gasteiger partial charge in [-0.2, -0.15) is 5.26 Å². The quantitative estimate of drug-likeness (QED) is 0.365. The maximum absolute atomic E-state index is 13.7. The fourth-order valence-corrected chi connectivity index (χ4v) is 5.25. The molecular weight excluding hydrogens is 491 g/mol. The second-order valence-electron chi connectivity index (χ2n) is 9.56. The summed E-state index contributed by atoms with van der Waals surface area (Å²) in [5.41, 5.74) is 3.65. The van der Waals surface area contributed by atoms with Gasteiger partial charge in [-0.05, 0) is 42.3 Å². The lowest BCUT2D eigenvalue weighted by atomic mass is 9.94. The largest absolute Gasteiger partial charge is 0.364 e. The van der Waals surface area contributed by atoms with Gasteiger partial charge in [0.1, 0.15) is 23.1 Å². The average Bonchev–Trinajstić information content (AvgIpc) is 2.92. The summed E-state index contributed by atoms with van der Waals surface area (Å²) in [6, 6.07) is 19.2. The molecule has 3 heterocycles. The molecule has 0 spiro atoms. The zero-order valence-electron chi connectivity index (χ0n) is 21.0. The second-order valence-corrected chi connectivity index (χ2v) is 9.56. The first-order valence-corrected chi connectivity index (χ1v) is 12.3. The summed E-state index contributed by atoms with van der Waals surface area (Å²) >= 11 is 0. The molecule has 5 rings (SSSR count). The lowest BCUT2D eigenvalue weighted by Gasteiger charge is -2.44. The number of aromatic nitrogens is 2. The van der Waals surface area contributed by atoms with Crippen molar-refractivity contribution in [1.29, 1.82) is 5.26 Å². The van der Waals surface area contributed by atoms with Crippen LogP contribution in [0.15, 0.2) is 71.5 Å². The van der Waals surface area contributed by atoms with Gasteiger partial charge in [-0.3, -0.25) is 9.69 Å². The number of nitrogens with zero attached hydrogens (tertiary/aromatic N) is 5. The molecule has 0 bridgehead atoms. The van der Waals surface area contributed by atoms with E-state index >= 15 is 0 Å². The molecule has 6 nitrogen and oxygen atoms in total. The fourth-order valence-electron chi connectivity index (χ4n) is 5.25. The smallest absolute Gasteiger partial charge is 0.263 e. The van der Waals surface area contributed by atoms with Crippen molar-refractivity contribution < 1.29 is 13.2 Å². The molecule has 2 aromatic heterocycles. The highest BCUT2D eigenvalue weighted by molar-refractivity contribution is 5.89. The van der Waals surface area contributed by atoms with Gasteiger partial charge in [0.2, 0.25) is 0 Å². The Balaban J connectivity index is 1.50. The van der Waals surface area contributed by atoms with Crippen LogP contribution in [0.4, 0.5) is 18.9 Å². The summed E-state index contributed by atoms with van der Waals surface area (Å²) in [7, 11) is 1.68. The number of hydrogen-bond donors (Lipinski definition) is 0. The van der Waals surface area contributed by atoms with Crippen molar-refractivity contribution in [3.63, 3.8) is 0 Å². The Kier molecular flexibility index (Phi) is 6.91. The minimum absolute atomic E-state index is 0.0464. The lowest BCUT2D eigenvalue weighted by molar-refractivity contribution is 0.151. The van der Waals surface area contributed by atoms with E-state index < -0.39 is 6.43 Å². The van der Waals surface area contributed by atoms with Crippen LogP contribution in [0.2, 0.25) is 0 Å². The van der Waals surface area contributed by atoms with Crippen molar-refractivity contribution in [2.24, 2.45) is 7.05 Å². The average molecular weight is 518 g/mol. The van der Waals surface area contributed by atoms with E-state index in [1.54, 1.807) is 49.5 Å². The molecule has 4 aromatic rings. The number of piperazine rings is 1. The molecule has 194 valence electrons. The molecule has 0 saturated carbocycles. The molecule has 1 unspecified atom stereocenters. The van der Waals surface area contributed by atoms with Crippen LogP contribution in [0.5, 0.6) is 0 Å². The van der Waals surface area contributed by atoms with Gasteiger partial charge in [-0.1, -0.05) is 36.4 Å². The summed E-state index contributed by atoms with van der Waals surface area (Å²) in [4.78, 5) is 21.6. The van der Waals surface area contributed by atoms with Gasteiger partial charge in [0.05, 0.1) is 17.2 Å². The van der Waals surface area contributed by atoms with Gasteiger partial charge >= 0.3 is 0 Å². The molecule has 0 aliphatic carbocycles. The van der Waals surface area contributed by atoms with Crippen LogP contribution in [-0.4, -0.2) is 40.1 Å². The molecular formula is C29H26F3N5O. The van der Waals surface area contributed by atoms with E-state index in [1.807, 2.05) is 6.92 Å². The van der Waals surface area contributed by atoms with Crippen molar-refractivity contribution >= 4 is 16.7 Å². The summed E-state index contributed by atoms with van der Waals surface area (Å²) in [5, 5.41) is 9.38. The van der Waals surface area contributed by atoms with Crippen molar-refractivity contribution in [3.05, 3.63) is 105 Å². The molecule has 38 heavy (non-hydrogen) atoms. The summed E-state index contributed by atoms with van der Waals surface area (Å²) in [5.74, 6) is -0.347. The van der Waals surface area contributed by atoms with Crippen LogP contribution in [-0.2, 0) is 7.05 Å². The standard InChI is InChI=1S/C29H26F3N5O/c1-18-17-36(28(20-7-9-22(30)10-8-20)19-3-5-21(6-4-19)29(31)32)13-14-37(18)25-15-26(38)35(2)24-12-11-23(16-33)34-27(24)25/h3-12,15,18,28-29H,13-14,17H2,1-2H3/t18-,28?/m0/s1. The summed E-state index contributed by atoms with van der Waals surface area (Å²) in [6.07, 6.45) is -2.56. The monoisotopic (exact) mass is 517 g/mol. The van der Waals surface area contributed by atoms with E-state index in [2.05, 4.69) is 20.9 Å². The number of nitriles is 1. The van der Waals surface area contributed by atoms with Crippen LogP contribution in [0.1, 0.15) is 41.8 Å². The minimum atomic E-state index is -2.56. The summed E-state index contributed by atoms with van der Waals surface area (Å²) < 4.78 is 41.6. The van der Waals surface area contributed by atoms with E-state index in [9.17, 15) is 23.2 Å². The van der Waals surface area contributed by atoms with E-state index in [-0.39, 0.29) is 34.7 Å². The van der Waals surface area contributed by atoms with Crippen LogP contribution in [0.25, 0.3) is 11.0 Å². The van der Waals surface area contributed by atoms with Gasteiger partial charge in [0.15, 0.2) is 0 Å². The van der Waals surface area contributed by atoms with E-state index in [1.165, 1.54) is 28.8 Å². The Morgan fingerprint density at radius 1 is 0.974 bits per heavy atom. The van der Waals surface area contributed by atoms with Gasteiger partial charge in [-0.25, -0.2) is 18.2 Å². The first-order chi connectivity index (χ1) is 18.3. The zero-order chi connectivity index (χ0) is 27.0. The Labute approximate surface area is 218 Å². The van der Waals surface area contributed by atoms with E-state index in [4.69, 9.17) is 0 Å². The third-order valence-corrected chi connectivity index (χ3v) is 7.21. The highest BCUT2D eigenvalue weighted by Crippen LogP contribution is 2.34. The predicted molar refractivity (Wildman–Crippen MR) is 140 cm³/mol. The number of fused-ring (bicyclic) bond motifs is 1. The van der Waals surface area contributed by atoms with E-state index in [0.29, 0.717) is 36.4 Å². The Morgan fingerprint density at radius 3 is 2.21 bits per heavy atom. The number of halogens is 3. The number of alkyl halides is 2. The molecule has 1 saturated heterocycles. The van der Waals surface area contributed by atoms with E-state index in [0.717, 1.165) is 11.1 Å². The van der Waals surface area contributed by atoms with Crippen LogP contribution in [0, 0.1) is 17.1 Å². The molecule has 0 N–H and O–H groups in total. The number of benzene rings is 2. The minimum Gasteiger partial charge on any atom is -0.364 e. The highest BCUT2D eigenvalue weighted by atomic mass is 19.3. The number of aryl methyl sites for hydroxylation is 1. The van der Waals surface area contributed by atoms with Crippen LogP contribution < -0.4 is 10.5 Å². The number of anilines is 1. The van der Waals surface area contributed by atoms with Crippen LogP contribution >= 0.6 is 0 Å². The molecule has 1 aliphatic heterocycles. The molecule has 9 heteroatoms. The maximum atomic E-state index is 13.7. The normalized spacial score (nSPS) is 17.1. The summed E-state index contributed by atoms with van der Waals surface area (Å²) in [6.45, 7) is 3.80. The lowest BCUT2D eigenvalue weighted by Crippen LogP contribution is -2.53. The molecule has 2 atom stereocenters. The third-order valence-electron chi connectivity index (χ3n) is 7.21. The number of hydrogen-bond acceptors (Lipinski definition) is 5. The van der Waals surface area contributed by atoms with Crippen molar-refractivity contribution in [2.45, 2.75) is 25.4 Å².